The van der Waals surface area contributed by atoms with E-state index in [1.807, 2.05) is 13.8 Å². The van der Waals surface area contributed by atoms with Gasteiger partial charge in [-0.1, -0.05) is 0 Å². The van der Waals surface area contributed by atoms with Crippen LogP contribution in [-0.2, 0) is 4.79 Å². The zero-order valence-corrected chi connectivity index (χ0v) is 11.5. The molecule has 1 atom stereocenters. The molecule has 0 N–H and O–H groups in total. The lowest BCUT2D eigenvalue weighted by Gasteiger charge is -2.37. The van der Waals surface area contributed by atoms with E-state index in [2.05, 4.69) is 15.9 Å². The van der Waals surface area contributed by atoms with E-state index < -0.39 is 0 Å². The summed E-state index contributed by atoms with van der Waals surface area (Å²) in [6.07, 6.45) is 3.79. The number of carbonyl (C=O) groups excluding carboxylic acids is 1. The molecule has 4 nitrogen and oxygen atoms in total. The van der Waals surface area contributed by atoms with Crippen LogP contribution in [-0.4, -0.2) is 47.9 Å². The van der Waals surface area contributed by atoms with Crippen molar-refractivity contribution >= 4 is 5.91 Å². The van der Waals surface area contributed by atoms with Gasteiger partial charge in [-0.2, -0.15) is 5.26 Å². The van der Waals surface area contributed by atoms with Crippen molar-refractivity contribution in [1.29, 1.82) is 5.26 Å². The first-order valence-electron chi connectivity index (χ1n) is 6.95. The maximum Gasteiger partial charge on any atom is 0.222 e. The van der Waals surface area contributed by atoms with E-state index in [0.717, 1.165) is 51.9 Å². The fourth-order valence-corrected chi connectivity index (χ4v) is 2.93. The smallest absolute Gasteiger partial charge is 0.222 e. The van der Waals surface area contributed by atoms with Gasteiger partial charge in [0.2, 0.25) is 5.91 Å². The molecule has 0 aromatic rings. The second kappa shape index (κ2) is 5.27. The van der Waals surface area contributed by atoms with Gasteiger partial charge in [0.05, 0.1) is 11.5 Å². The highest BCUT2D eigenvalue weighted by molar-refractivity contribution is 5.78. The Morgan fingerprint density at radius 2 is 2.22 bits per heavy atom. The normalized spacial score (nSPS) is 25.1. The highest BCUT2D eigenvalue weighted by atomic mass is 16.2. The van der Waals surface area contributed by atoms with Gasteiger partial charge in [0, 0.05) is 32.1 Å². The summed E-state index contributed by atoms with van der Waals surface area (Å²) in [6, 6.07) is 2.80. The van der Waals surface area contributed by atoms with Crippen LogP contribution in [0.15, 0.2) is 0 Å². The van der Waals surface area contributed by atoms with Crippen molar-refractivity contribution < 1.29 is 4.79 Å². The number of amides is 1. The van der Waals surface area contributed by atoms with Crippen LogP contribution in [0.4, 0.5) is 0 Å². The Kier molecular flexibility index (Phi) is 3.91. The van der Waals surface area contributed by atoms with Gasteiger partial charge in [-0.05, 0) is 39.7 Å². The summed E-state index contributed by atoms with van der Waals surface area (Å²) >= 11 is 0. The molecule has 0 spiro atoms. The lowest BCUT2D eigenvalue weighted by molar-refractivity contribution is -0.130. The minimum Gasteiger partial charge on any atom is -0.337 e. The molecular formula is C14H23N3O. The molecule has 1 amide bonds. The van der Waals surface area contributed by atoms with Crippen LogP contribution in [0.5, 0.6) is 0 Å². The van der Waals surface area contributed by atoms with Crippen LogP contribution in [0.1, 0.15) is 39.5 Å². The van der Waals surface area contributed by atoms with Crippen LogP contribution >= 0.6 is 0 Å². The highest BCUT2D eigenvalue weighted by Gasteiger charge is 2.35. The van der Waals surface area contributed by atoms with Crippen LogP contribution in [0.3, 0.4) is 0 Å². The summed E-state index contributed by atoms with van der Waals surface area (Å²) in [5.41, 5.74) is -0.203. The van der Waals surface area contributed by atoms with Gasteiger partial charge in [0.1, 0.15) is 0 Å². The van der Waals surface area contributed by atoms with Gasteiger partial charge in [0.15, 0.2) is 0 Å². The number of nitrogens with zero attached hydrogens (tertiary/aromatic N) is 3. The molecular weight excluding hydrogens is 226 g/mol. The Labute approximate surface area is 110 Å². The summed E-state index contributed by atoms with van der Waals surface area (Å²) in [4.78, 5) is 16.1. The van der Waals surface area contributed by atoms with E-state index in [1.165, 1.54) is 0 Å². The largest absolute Gasteiger partial charge is 0.337 e. The minimum absolute atomic E-state index is 0.203. The average Bonchev–Trinajstić information content (AvgIpc) is 2.71. The topological polar surface area (TPSA) is 47.3 Å². The van der Waals surface area contributed by atoms with Crippen molar-refractivity contribution in [2.75, 3.05) is 26.2 Å². The van der Waals surface area contributed by atoms with Crippen LogP contribution in [0.2, 0.25) is 0 Å². The summed E-state index contributed by atoms with van der Waals surface area (Å²) in [5, 5.41) is 8.98. The maximum atomic E-state index is 11.6. The summed E-state index contributed by atoms with van der Waals surface area (Å²) in [7, 11) is 0. The second-order valence-electron chi connectivity index (χ2n) is 6.18. The maximum absolute atomic E-state index is 11.6. The molecule has 0 bridgehead atoms. The van der Waals surface area contributed by atoms with E-state index in [-0.39, 0.29) is 5.41 Å². The third-order valence-corrected chi connectivity index (χ3v) is 4.16. The summed E-state index contributed by atoms with van der Waals surface area (Å²) < 4.78 is 0. The van der Waals surface area contributed by atoms with Crippen molar-refractivity contribution in [2.45, 2.75) is 45.6 Å². The molecule has 1 unspecified atom stereocenters. The van der Waals surface area contributed by atoms with E-state index in [9.17, 15) is 4.79 Å². The highest BCUT2D eigenvalue weighted by Crippen LogP contribution is 2.24. The van der Waals surface area contributed by atoms with Crippen molar-refractivity contribution in [2.24, 2.45) is 5.41 Å². The Bertz CT molecular complexity index is 359. The molecule has 0 aromatic carbocycles. The van der Waals surface area contributed by atoms with Gasteiger partial charge in [-0.25, -0.2) is 0 Å². The number of piperazine rings is 1. The Morgan fingerprint density at radius 1 is 1.44 bits per heavy atom. The third-order valence-electron chi connectivity index (χ3n) is 4.16. The number of fused-ring (bicyclic) bond motifs is 1. The van der Waals surface area contributed by atoms with E-state index in [1.54, 1.807) is 0 Å². The van der Waals surface area contributed by atoms with Gasteiger partial charge >= 0.3 is 0 Å². The molecule has 4 heteroatoms. The van der Waals surface area contributed by atoms with E-state index in [0.29, 0.717) is 11.9 Å². The van der Waals surface area contributed by atoms with Crippen LogP contribution < -0.4 is 0 Å². The lowest BCUT2D eigenvalue weighted by Crippen LogP contribution is -2.51. The molecule has 100 valence electrons. The van der Waals surface area contributed by atoms with Gasteiger partial charge in [0.25, 0.3) is 0 Å². The minimum atomic E-state index is -0.203. The fraction of sp³-hybridized carbons (Fsp3) is 0.857. The zero-order chi connectivity index (χ0) is 13.2. The molecule has 0 aliphatic carbocycles. The van der Waals surface area contributed by atoms with Crippen molar-refractivity contribution in [3.8, 4) is 6.07 Å². The molecule has 2 aliphatic rings. The summed E-state index contributed by atoms with van der Waals surface area (Å²) in [5.74, 6) is 0.338. The molecule has 0 radical (unpaired) electrons. The van der Waals surface area contributed by atoms with Crippen LogP contribution in [0, 0.1) is 16.7 Å². The number of nitriles is 1. The quantitative estimate of drug-likeness (QED) is 0.760. The fourth-order valence-electron chi connectivity index (χ4n) is 2.93. The van der Waals surface area contributed by atoms with Crippen molar-refractivity contribution in [1.82, 2.24) is 9.80 Å². The van der Waals surface area contributed by atoms with Gasteiger partial charge < -0.3 is 4.90 Å². The van der Waals surface area contributed by atoms with Gasteiger partial charge in [-0.3, -0.25) is 9.69 Å². The number of rotatable bonds is 4. The van der Waals surface area contributed by atoms with Gasteiger partial charge in [-0.15, -0.1) is 0 Å². The monoisotopic (exact) mass is 249 g/mol. The molecule has 0 aromatic heterocycles. The van der Waals surface area contributed by atoms with E-state index >= 15 is 0 Å². The molecule has 2 heterocycles. The number of carbonyl (C=O) groups is 1. The molecule has 2 fully saturated rings. The SMILES string of the molecule is CC(C)(C#N)CCCN1CCN2C(=O)CCC2C1. The average molecular weight is 249 g/mol. The standard InChI is InChI=1S/C14H23N3O/c1-14(2,11-15)6-3-7-16-8-9-17-12(10-16)4-5-13(17)18/h12H,3-10H2,1-2H3. The van der Waals surface area contributed by atoms with Crippen molar-refractivity contribution in [3.63, 3.8) is 0 Å². The zero-order valence-electron chi connectivity index (χ0n) is 11.5. The Hall–Kier alpha value is -1.08. The second-order valence-corrected chi connectivity index (χ2v) is 6.18. The van der Waals surface area contributed by atoms with Crippen molar-refractivity contribution in [3.05, 3.63) is 0 Å². The predicted molar refractivity (Wildman–Crippen MR) is 69.8 cm³/mol. The first-order chi connectivity index (χ1) is 8.52. The lowest BCUT2D eigenvalue weighted by atomic mass is 9.90. The predicted octanol–water partition coefficient (Wildman–Crippen LogP) is 1.62. The first kappa shape index (κ1) is 13.4. The Morgan fingerprint density at radius 3 is 2.94 bits per heavy atom. The molecule has 2 aliphatic heterocycles. The van der Waals surface area contributed by atoms with Crippen LogP contribution in [0.25, 0.3) is 0 Å². The Balaban J connectivity index is 1.73. The molecule has 18 heavy (non-hydrogen) atoms. The number of hydrogen-bond acceptors (Lipinski definition) is 3. The van der Waals surface area contributed by atoms with E-state index in [4.69, 9.17) is 5.26 Å². The molecule has 2 saturated heterocycles. The number of hydrogen-bond donors (Lipinski definition) is 0. The molecule has 0 saturated carbocycles. The first-order valence-corrected chi connectivity index (χ1v) is 6.95. The third kappa shape index (κ3) is 3.02. The summed E-state index contributed by atoms with van der Waals surface area (Å²) in [6.45, 7) is 7.98. The molecule has 2 rings (SSSR count).